The van der Waals surface area contributed by atoms with E-state index in [1.54, 1.807) is 7.05 Å². The van der Waals surface area contributed by atoms with Crippen molar-refractivity contribution in [1.29, 1.82) is 0 Å². The molecule has 1 heterocycles. The fraction of sp³-hybridized carbons (Fsp3) is 0.500. The van der Waals surface area contributed by atoms with Gasteiger partial charge in [0.05, 0.1) is 6.42 Å². The van der Waals surface area contributed by atoms with Gasteiger partial charge in [-0.25, -0.2) is 4.79 Å². The van der Waals surface area contributed by atoms with Crippen molar-refractivity contribution in [2.24, 2.45) is 5.92 Å². The second-order valence-electron chi connectivity index (χ2n) is 5.67. The van der Waals surface area contributed by atoms with Crippen LogP contribution in [0.15, 0.2) is 24.3 Å². The summed E-state index contributed by atoms with van der Waals surface area (Å²) in [5, 5.41) is 5.51. The monoisotopic (exact) mass is 289 g/mol. The van der Waals surface area contributed by atoms with Crippen LogP contribution in [0.1, 0.15) is 25.3 Å². The Morgan fingerprint density at radius 1 is 1.29 bits per heavy atom. The first-order chi connectivity index (χ1) is 10.1. The van der Waals surface area contributed by atoms with Crippen LogP contribution in [0.25, 0.3) is 0 Å². The molecule has 0 aliphatic carbocycles. The van der Waals surface area contributed by atoms with E-state index in [1.165, 1.54) is 6.42 Å². The van der Waals surface area contributed by atoms with Gasteiger partial charge in [0.1, 0.15) is 0 Å². The van der Waals surface area contributed by atoms with Crippen LogP contribution in [-0.4, -0.2) is 37.0 Å². The molecule has 0 saturated carbocycles. The number of amides is 3. The second kappa shape index (κ2) is 7.11. The fourth-order valence-electron chi connectivity index (χ4n) is 2.56. The summed E-state index contributed by atoms with van der Waals surface area (Å²) in [6.45, 7) is 3.82. The van der Waals surface area contributed by atoms with Crippen molar-refractivity contribution >= 4 is 17.6 Å². The SMILES string of the molecule is CNC(=O)Cc1ccc(NC(=O)N2CCC[C@@H](C)C2)cc1. The highest BCUT2D eigenvalue weighted by Gasteiger charge is 2.20. The lowest BCUT2D eigenvalue weighted by molar-refractivity contribution is -0.119. The van der Waals surface area contributed by atoms with Crippen LogP contribution in [-0.2, 0) is 11.2 Å². The van der Waals surface area contributed by atoms with E-state index in [0.29, 0.717) is 12.3 Å². The number of nitrogens with one attached hydrogen (secondary N) is 2. The average molecular weight is 289 g/mol. The van der Waals surface area contributed by atoms with E-state index < -0.39 is 0 Å². The fourth-order valence-corrected chi connectivity index (χ4v) is 2.56. The summed E-state index contributed by atoms with van der Waals surface area (Å²) < 4.78 is 0. The smallest absolute Gasteiger partial charge is 0.321 e. The van der Waals surface area contributed by atoms with E-state index in [0.717, 1.165) is 30.8 Å². The molecule has 5 heteroatoms. The van der Waals surface area contributed by atoms with Gasteiger partial charge in [0, 0.05) is 25.8 Å². The third kappa shape index (κ3) is 4.48. The minimum absolute atomic E-state index is 0.0194. The Kier molecular flexibility index (Phi) is 5.20. The first-order valence-electron chi connectivity index (χ1n) is 7.44. The molecule has 1 aliphatic rings. The minimum atomic E-state index is -0.0411. The van der Waals surface area contributed by atoms with E-state index in [2.05, 4.69) is 17.6 Å². The Morgan fingerprint density at radius 2 is 2.00 bits per heavy atom. The molecular weight excluding hydrogens is 266 g/mol. The van der Waals surface area contributed by atoms with Gasteiger partial charge in [0.2, 0.25) is 5.91 Å². The number of likely N-dealkylation sites (tertiary alicyclic amines) is 1. The predicted octanol–water partition coefficient (Wildman–Crippen LogP) is 2.24. The molecule has 0 radical (unpaired) electrons. The van der Waals surface area contributed by atoms with E-state index >= 15 is 0 Å². The number of carbonyl (C=O) groups excluding carboxylic acids is 2. The van der Waals surface area contributed by atoms with Gasteiger partial charge in [-0.15, -0.1) is 0 Å². The summed E-state index contributed by atoms with van der Waals surface area (Å²) in [6.07, 6.45) is 2.62. The van der Waals surface area contributed by atoms with Crippen LogP contribution in [0.5, 0.6) is 0 Å². The predicted molar refractivity (Wildman–Crippen MR) is 83.2 cm³/mol. The Morgan fingerprint density at radius 3 is 2.62 bits per heavy atom. The quantitative estimate of drug-likeness (QED) is 0.896. The highest BCUT2D eigenvalue weighted by atomic mass is 16.2. The van der Waals surface area contributed by atoms with Crippen LogP contribution in [0, 0.1) is 5.92 Å². The molecule has 1 fully saturated rings. The van der Waals surface area contributed by atoms with Crippen molar-refractivity contribution in [1.82, 2.24) is 10.2 Å². The molecule has 1 aliphatic heterocycles. The molecule has 21 heavy (non-hydrogen) atoms. The Bertz CT molecular complexity index is 499. The van der Waals surface area contributed by atoms with Gasteiger partial charge in [0.15, 0.2) is 0 Å². The lowest BCUT2D eigenvalue weighted by atomic mass is 10.0. The maximum atomic E-state index is 12.2. The zero-order chi connectivity index (χ0) is 15.2. The normalized spacial score (nSPS) is 18.2. The molecule has 114 valence electrons. The number of benzene rings is 1. The van der Waals surface area contributed by atoms with Gasteiger partial charge < -0.3 is 15.5 Å². The zero-order valence-corrected chi connectivity index (χ0v) is 12.7. The molecule has 0 unspecified atom stereocenters. The summed E-state index contributed by atoms with van der Waals surface area (Å²) in [6, 6.07) is 7.36. The second-order valence-corrected chi connectivity index (χ2v) is 5.67. The van der Waals surface area contributed by atoms with Gasteiger partial charge in [-0.1, -0.05) is 19.1 Å². The first kappa shape index (κ1) is 15.4. The van der Waals surface area contributed by atoms with Crippen LogP contribution < -0.4 is 10.6 Å². The van der Waals surface area contributed by atoms with Crippen molar-refractivity contribution in [3.05, 3.63) is 29.8 Å². The molecule has 5 nitrogen and oxygen atoms in total. The number of hydrogen-bond donors (Lipinski definition) is 2. The summed E-state index contributed by atoms with van der Waals surface area (Å²) in [5.41, 5.74) is 1.69. The minimum Gasteiger partial charge on any atom is -0.359 e. The van der Waals surface area contributed by atoms with E-state index in [1.807, 2.05) is 29.2 Å². The van der Waals surface area contributed by atoms with E-state index in [-0.39, 0.29) is 11.9 Å². The standard InChI is InChI=1S/C16H23N3O2/c1-12-4-3-9-19(11-12)16(21)18-14-7-5-13(6-8-14)10-15(20)17-2/h5-8,12H,3-4,9-11H2,1-2H3,(H,17,20)(H,18,21)/t12-/m1/s1. The molecule has 1 atom stereocenters. The zero-order valence-electron chi connectivity index (χ0n) is 12.7. The third-order valence-corrected chi connectivity index (χ3v) is 3.79. The summed E-state index contributed by atoms with van der Waals surface area (Å²) in [5.74, 6) is 0.550. The number of likely N-dealkylation sites (N-methyl/N-ethyl adjacent to an activating group) is 1. The van der Waals surface area contributed by atoms with Gasteiger partial charge in [-0.05, 0) is 36.5 Å². The van der Waals surface area contributed by atoms with E-state index in [4.69, 9.17) is 0 Å². The lowest BCUT2D eigenvalue weighted by Gasteiger charge is -2.30. The summed E-state index contributed by atoms with van der Waals surface area (Å²) in [4.78, 5) is 25.3. The van der Waals surface area contributed by atoms with Crippen molar-refractivity contribution in [3.63, 3.8) is 0 Å². The molecule has 2 rings (SSSR count). The van der Waals surface area contributed by atoms with Crippen LogP contribution in [0.3, 0.4) is 0 Å². The topological polar surface area (TPSA) is 61.4 Å². The Hall–Kier alpha value is -2.04. The molecular formula is C16H23N3O2. The van der Waals surface area contributed by atoms with Crippen LogP contribution in [0.4, 0.5) is 10.5 Å². The largest absolute Gasteiger partial charge is 0.359 e. The Balaban J connectivity index is 1.90. The summed E-state index contributed by atoms with van der Waals surface area (Å²) >= 11 is 0. The maximum Gasteiger partial charge on any atom is 0.321 e. The lowest BCUT2D eigenvalue weighted by Crippen LogP contribution is -2.41. The first-order valence-corrected chi connectivity index (χ1v) is 7.44. The Labute approximate surface area is 125 Å². The van der Waals surface area contributed by atoms with Crippen molar-refractivity contribution in [2.75, 3.05) is 25.5 Å². The van der Waals surface area contributed by atoms with Gasteiger partial charge in [0.25, 0.3) is 0 Å². The van der Waals surface area contributed by atoms with Crippen molar-refractivity contribution < 1.29 is 9.59 Å². The molecule has 1 aromatic carbocycles. The molecule has 0 bridgehead atoms. The third-order valence-electron chi connectivity index (χ3n) is 3.79. The highest BCUT2D eigenvalue weighted by Crippen LogP contribution is 2.17. The molecule has 1 aromatic rings. The van der Waals surface area contributed by atoms with E-state index in [9.17, 15) is 9.59 Å². The molecule has 2 N–H and O–H groups in total. The van der Waals surface area contributed by atoms with Gasteiger partial charge in [-0.2, -0.15) is 0 Å². The molecule has 3 amide bonds. The summed E-state index contributed by atoms with van der Waals surface area (Å²) in [7, 11) is 1.62. The number of carbonyl (C=O) groups is 2. The number of anilines is 1. The van der Waals surface area contributed by atoms with Gasteiger partial charge in [-0.3, -0.25) is 4.79 Å². The molecule has 0 aromatic heterocycles. The highest BCUT2D eigenvalue weighted by molar-refractivity contribution is 5.89. The van der Waals surface area contributed by atoms with Crippen LogP contribution >= 0.6 is 0 Å². The van der Waals surface area contributed by atoms with Crippen molar-refractivity contribution in [3.8, 4) is 0 Å². The molecule has 0 spiro atoms. The maximum absolute atomic E-state index is 12.2. The number of rotatable bonds is 3. The van der Waals surface area contributed by atoms with Gasteiger partial charge >= 0.3 is 6.03 Å². The number of piperidine rings is 1. The number of urea groups is 1. The van der Waals surface area contributed by atoms with Crippen LogP contribution in [0.2, 0.25) is 0 Å². The average Bonchev–Trinajstić information content (AvgIpc) is 2.49. The number of nitrogens with zero attached hydrogens (tertiary/aromatic N) is 1. The number of hydrogen-bond acceptors (Lipinski definition) is 2. The van der Waals surface area contributed by atoms with Crippen molar-refractivity contribution in [2.45, 2.75) is 26.2 Å². The molecule has 1 saturated heterocycles.